The topological polar surface area (TPSA) is 50.9 Å². The fourth-order valence-corrected chi connectivity index (χ4v) is 8.45. The molecule has 294 valence electrons. The van der Waals surface area contributed by atoms with Gasteiger partial charge in [0.1, 0.15) is 11.6 Å². The molecule has 0 radical (unpaired) electrons. The fourth-order valence-electron chi connectivity index (χ4n) is 8.45. The Bertz CT molecular complexity index is 2600. The molecule has 2 heterocycles. The van der Waals surface area contributed by atoms with Gasteiger partial charge in [-0.05, 0) is 87.1 Å². The average molecular weight is 932 g/mol. The number of pyridine rings is 1. The van der Waals surface area contributed by atoms with Crippen LogP contribution in [0.3, 0.4) is 0 Å². The normalized spacial score (nSPS) is 14.9. The van der Waals surface area contributed by atoms with Crippen LogP contribution in [0.5, 0.6) is 5.75 Å². The van der Waals surface area contributed by atoms with Gasteiger partial charge in [0.25, 0.3) is 0 Å². The molecule has 57 heavy (non-hydrogen) atoms. The van der Waals surface area contributed by atoms with Crippen LogP contribution in [0.4, 0.5) is 0 Å². The molecule has 0 spiro atoms. The number of rotatable bonds is 5. The maximum atomic E-state index is 12.3. The summed E-state index contributed by atoms with van der Waals surface area (Å²) in [4.78, 5) is 10.4. The maximum absolute atomic E-state index is 12.3. The smallest absolute Gasteiger partial charge is 0.148 e. The van der Waals surface area contributed by atoms with Crippen LogP contribution in [0.15, 0.2) is 115 Å². The molecule has 0 saturated heterocycles. The SMILES string of the molecule is CC(C)(C)c1ccc(-c2ccnc(-c3[c-]c(-c4cccc5c4nc(-c4ccc6c(c4O)C(C)(C)CCC6(C)C)n5-c4ccccc4)cc(C(C)(C)C)c3)c2)cc1.[Pt]. The summed E-state index contributed by atoms with van der Waals surface area (Å²) >= 11 is 0. The van der Waals surface area contributed by atoms with Crippen LogP contribution < -0.4 is 0 Å². The third kappa shape index (κ3) is 7.43. The van der Waals surface area contributed by atoms with Crippen molar-refractivity contribution in [1.29, 1.82) is 0 Å². The second-order valence-electron chi connectivity index (χ2n) is 19.1. The zero-order valence-corrected chi connectivity index (χ0v) is 37.3. The van der Waals surface area contributed by atoms with Crippen molar-refractivity contribution in [2.75, 3.05) is 0 Å². The molecule has 0 amide bonds. The van der Waals surface area contributed by atoms with Gasteiger partial charge in [0, 0.05) is 44.2 Å². The Labute approximate surface area is 353 Å². The molecule has 1 aliphatic rings. The molecule has 0 atom stereocenters. The van der Waals surface area contributed by atoms with Crippen molar-refractivity contribution in [2.24, 2.45) is 0 Å². The largest absolute Gasteiger partial charge is 0.507 e. The van der Waals surface area contributed by atoms with E-state index in [1.54, 1.807) is 0 Å². The predicted molar refractivity (Wildman–Crippen MR) is 234 cm³/mol. The van der Waals surface area contributed by atoms with Gasteiger partial charge in [-0.3, -0.25) is 9.55 Å². The number of nitrogens with zero attached hydrogens (tertiary/aromatic N) is 3. The minimum Gasteiger partial charge on any atom is -0.507 e. The number of aromatic nitrogens is 3. The Kier molecular flexibility index (Phi) is 10.3. The Balaban J connectivity index is 0.00000496. The molecule has 1 aliphatic carbocycles. The molecule has 4 nitrogen and oxygen atoms in total. The number of fused-ring (bicyclic) bond motifs is 2. The fraction of sp³-hybridized carbons (Fsp3) is 0.308. The van der Waals surface area contributed by atoms with Gasteiger partial charge in [0.15, 0.2) is 0 Å². The summed E-state index contributed by atoms with van der Waals surface area (Å²) in [5, 5.41) is 12.3. The minimum absolute atomic E-state index is 0. The van der Waals surface area contributed by atoms with Crippen LogP contribution in [0.25, 0.3) is 61.6 Å². The molecule has 1 N–H and O–H groups in total. The summed E-state index contributed by atoms with van der Waals surface area (Å²) in [6.45, 7) is 22.6. The summed E-state index contributed by atoms with van der Waals surface area (Å²) in [6.07, 6.45) is 3.99. The molecular weight excluding hydrogens is 878 g/mol. The average Bonchev–Trinajstić information content (AvgIpc) is 3.56. The van der Waals surface area contributed by atoms with Crippen molar-refractivity contribution >= 4 is 11.0 Å². The van der Waals surface area contributed by atoms with Gasteiger partial charge in [-0.2, -0.15) is 0 Å². The van der Waals surface area contributed by atoms with Crippen molar-refractivity contribution in [1.82, 2.24) is 14.5 Å². The molecule has 5 heteroatoms. The third-order valence-electron chi connectivity index (χ3n) is 12.0. The van der Waals surface area contributed by atoms with Crippen LogP contribution >= 0.6 is 0 Å². The Hall–Kier alpha value is -4.79. The van der Waals surface area contributed by atoms with Crippen LogP contribution in [0.1, 0.15) is 104 Å². The van der Waals surface area contributed by atoms with Crippen molar-refractivity contribution in [3.8, 4) is 56.3 Å². The van der Waals surface area contributed by atoms with E-state index >= 15 is 0 Å². The predicted octanol–water partition coefficient (Wildman–Crippen LogP) is 13.5. The Morgan fingerprint density at radius 3 is 2.00 bits per heavy atom. The van der Waals surface area contributed by atoms with E-state index in [4.69, 9.17) is 9.97 Å². The molecule has 0 saturated carbocycles. The van der Waals surface area contributed by atoms with Crippen LogP contribution in [0.2, 0.25) is 0 Å². The molecule has 0 fully saturated rings. The molecule has 7 aromatic rings. The van der Waals surface area contributed by atoms with Gasteiger partial charge >= 0.3 is 0 Å². The number of benzene rings is 5. The van der Waals surface area contributed by atoms with E-state index in [-0.39, 0.29) is 42.7 Å². The minimum atomic E-state index is -0.167. The number of hydrogen-bond acceptors (Lipinski definition) is 3. The Morgan fingerprint density at radius 2 is 1.32 bits per heavy atom. The molecular formula is C52H54N3OPt-. The molecule has 2 aromatic heterocycles. The number of aromatic hydroxyl groups is 1. The summed E-state index contributed by atoms with van der Waals surface area (Å²) in [7, 11) is 0. The maximum Gasteiger partial charge on any atom is 0.148 e. The van der Waals surface area contributed by atoms with E-state index in [9.17, 15) is 5.11 Å². The van der Waals surface area contributed by atoms with E-state index in [2.05, 4.69) is 183 Å². The molecule has 0 bridgehead atoms. The van der Waals surface area contributed by atoms with Crippen molar-refractivity contribution in [3.05, 3.63) is 144 Å². The van der Waals surface area contributed by atoms with Crippen LogP contribution in [-0.2, 0) is 42.7 Å². The van der Waals surface area contributed by atoms with Crippen LogP contribution in [0, 0.1) is 6.07 Å². The summed E-state index contributed by atoms with van der Waals surface area (Å²) in [5.74, 6) is 1.05. The standard InChI is InChI=1S/C52H54N3O.Pt/c1-49(2,3)37-21-19-33(20-22-37)34-25-28-53-43(32-34)36-29-35(30-38(31-36)50(4,5)6)40-17-14-18-44-46(40)54-48(55(44)39-15-12-11-13-16-39)41-23-24-42-45(47(41)56)52(9,10)27-26-51(42,7)8;/h11-25,28,30-32,56H,26-27H2,1-10H3;/q-1;. The first-order chi connectivity index (χ1) is 26.4. The second kappa shape index (κ2) is 14.5. The van der Waals surface area contributed by atoms with Gasteiger partial charge in [-0.1, -0.05) is 147 Å². The third-order valence-corrected chi connectivity index (χ3v) is 12.0. The van der Waals surface area contributed by atoms with Crippen molar-refractivity contribution in [2.45, 2.75) is 104 Å². The number of hydrogen-bond donors (Lipinski definition) is 1. The molecule has 5 aromatic carbocycles. The van der Waals surface area contributed by atoms with Crippen molar-refractivity contribution < 1.29 is 26.2 Å². The van der Waals surface area contributed by atoms with E-state index in [1.807, 2.05) is 12.3 Å². The van der Waals surface area contributed by atoms with Gasteiger partial charge in [0.05, 0.1) is 16.6 Å². The summed E-state index contributed by atoms with van der Waals surface area (Å²) < 4.78 is 2.20. The first-order valence-electron chi connectivity index (χ1n) is 20.0. The van der Waals surface area contributed by atoms with E-state index < -0.39 is 0 Å². The van der Waals surface area contributed by atoms with E-state index in [0.717, 1.165) is 80.0 Å². The van der Waals surface area contributed by atoms with Gasteiger partial charge in [0.2, 0.25) is 0 Å². The van der Waals surface area contributed by atoms with Gasteiger partial charge in [-0.15, -0.1) is 29.3 Å². The molecule has 0 aliphatic heterocycles. The zero-order chi connectivity index (χ0) is 39.8. The number of phenolic OH excluding ortho intramolecular Hbond substituents is 1. The first-order valence-corrected chi connectivity index (χ1v) is 20.0. The molecule has 8 rings (SSSR count). The van der Waals surface area contributed by atoms with Crippen LogP contribution in [-0.4, -0.2) is 19.6 Å². The number of phenols is 1. The zero-order valence-electron chi connectivity index (χ0n) is 35.0. The number of para-hydroxylation sites is 2. The Morgan fingerprint density at radius 1 is 0.649 bits per heavy atom. The summed E-state index contributed by atoms with van der Waals surface area (Å²) in [6, 6.07) is 42.5. The number of imidazole rings is 1. The first kappa shape index (κ1) is 40.4. The van der Waals surface area contributed by atoms with Gasteiger partial charge < -0.3 is 5.11 Å². The van der Waals surface area contributed by atoms with E-state index in [1.165, 1.54) is 16.7 Å². The second-order valence-corrected chi connectivity index (χ2v) is 19.1. The monoisotopic (exact) mass is 931 g/mol. The van der Waals surface area contributed by atoms with E-state index in [0.29, 0.717) is 5.75 Å². The molecule has 0 unspecified atom stereocenters. The quantitative estimate of drug-likeness (QED) is 0.175. The van der Waals surface area contributed by atoms with Gasteiger partial charge in [-0.25, -0.2) is 4.98 Å². The summed E-state index contributed by atoms with van der Waals surface area (Å²) in [5.41, 5.74) is 14.1. The van der Waals surface area contributed by atoms with Crippen molar-refractivity contribution in [3.63, 3.8) is 0 Å².